The van der Waals surface area contributed by atoms with Crippen LogP contribution in [-0.4, -0.2) is 35.0 Å². The van der Waals surface area contributed by atoms with Crippen LogP contribution in [0.5, 0.6) is 0 Å². The average Bonchev–Trinajstić information content (AvgIpc) is 2.83. The Morgan fingerprint density at radius 1 is 0.943 bits per heavy atom. The van der Waals surface area contributed by atoms with Gasteiger partial charge in [0.25, 0.3) is 5.91 Å². The largest absolute Gasteiger partial charge is 1.00 e. The summed E-state index contributed by atoms with van der Waals surface area (Å²) >= 11 is 1.55. The maximum atomic E-state index is 13.2. The number of aryl methyl sites for hydroxylation is 2. The smallest absolute Gasteiger partial charge is 0.480 e. The summed E-state index contributed by atoms with van der Waals surface area (Å²) in [5, 5.41) is 12.2. The van der Waals surface area contributed by atoms with E-state index in [-0.39, 0.29) is 24.8 Å². The molecule has 3 rings (SSSR count). The van der Waals surface area contributed by atoms with Crippen LogP contribution < -0.4 is 24.2 Å². The molecule has 0 saturated carbocycles. The first kappa shape index (κ1) is 28.7. The van der Waals surface area contributed by atoms with Crippen LogP contribution in [0.15, 0.2) is 66.7 Å². The molecule has 2 N–H and O–H groups in total. The number of carboxylic acid groups (broad SMARTS) is 1. The minimum absolute atomic E-state index is 0. The van der Waals surface area contributed by atoms with Gasteiger partial charge in [-0.3, -0.25) is 4.79 Å². The molecule has 1 amide bonds. The average molecular weight is 485 g/mol. The van der Waals surface area contributed by atoms with Crippen LogP contribution in [0.4, 0.5) is 0 Å². The van der Waals surface area contributed by atoms with Crippen LogP contribution in [0.1, 0.15) is 39.0 Å². The number of carbonyl (C=O) groups is 2. The van der Waals surface area contributed by atoms with E-state index in [1.165, 1.54) is 5.56 Å². The molecular formula is C28H31LiNO4S+. The second-order valence-electron chi connectivity index (χ2n) is 8.32. The zero-order valence-electron chi connectivity index (χ0n) is 20.8. The number of amides is 1. The summed E-state index contributed by atoms with van der Waals surface area (Å²) < 4.78 is 5.93. The van der Waals surface area contributed by atoms with E-state index in [9.17, 15) is 14.7 Å². The van der Waals surface area contributed by atoms with E-state index in [1.54, 1.807) is 17.8 Å². The van der Waals surface area contributed by atoms with Crippen LogP contribution in [0, 0.1) is 13.8 Å². The predicted octanol–water partition coefficient (Wildman–Crippen LogP) is 2.63. The van der Waals surface area contributed by atoms with Crippen LogP contribution >= 0.6 is 11.8 Å². The van der Waals surface area contributed by atoms with Gasteiger partial charge in [-0.25, -0.2) is 4.79 Å². The molecule has 5 nitrogen and oxygen atoms in total. The minimum atomic E-state index is -1.03. The molecule has 0 aliphatic carbocycles. The number of ether oxygens (including phenoxy) is 1. The summed E-state index contributed by atoms with van der Waals surface area (Å²) in [5.41, 5.74) is 6.44. The van der Waals surface area contributed by atoms with Gasteiger partial charge in [0.2, 0.25) is 0 Å². The Balaban J connectivity index is 0.00000432. The first-order valence-electron chi connectivity index (χ1n) is 11.2. The third-order valence-electron chi connectivity index (χ3n) is 5.64. The molecule has 7 heteroatoms. The van der Waals surface area contributed by atoms with Crippen molar-refractivity contribution in [2.24, 2.45) is 0 Å². The minimum Gasteiger partial charge on any atom is -0.480 e. The molecule has 0 heterocycles. The molecule has 1 atom stereocenters. The standard InChI is InChI=1S/C28H31NO4S.Li/c1-19-8-10-21(11-9-19)17-33-18-22-12-13-24(25(16-22)23-7-5-4-6-20(23)2)27(30)29-26(28(31)32)14-15-34-3;/h4-13,16,26H,14-15,17-18H2,1-3H3,(H,29,30)(H,31,32);/q;+1. The molecule has 35 heavy (non-hydrogen) atoms. The summed E-state index contributed by atoms with van der Waals surface area (Å²) in [7, 11) is 0. The number of benzene rings is 3. The van der Waals surface area contributed by atoms with Crippen molar-refractivity contribution < 1.29 is 38.3 Å². The first-order valence-corrected chi connectivity index (χ1v) is 12.6. The summed E-state index contributed by atoms with van der Waals surface area (Å²) in [5.74, 6) is -0.765. The third-order valence-corrected chi connectivity index (χ3v) is 6.28. The second-order valence-corrected chi connectivity index (χ2v) is 9.30. The Morgan fingerprint density at radius 2 is 1.60 bits per heavy atom. The molecule has 0 aliphatic rings. The van der Waals surface area contributed by atoms with Gasteiger partial charge in [0.1, 0.15) is 6.04 Å². The number of thioether (sulfide) groups is 1. The van der Waals surface area contributed by atoms with Gasteiger partial charge in [-0.05, 0) is 72.2 Å². The van der Waals surface area contributed by atoms with Crippen LogP contribution in [0.2, 0.25) is 0 Å². The predicted molar refractivity (Wildman–Crippen MR) is 138 cm³/mol. The normalized spacial score (nSPS) is 11.4. The monoisotopic (exact) mass is 484 g/mol. The van der Waals surface area contributed by atoms with Crippen LogP contribution in [0.25, 0.3) is 11.1 Å². The van der Waals surface area contributed by atoms with Gasteiger partial charge in [-0.15, -0.1) is 0 Å². The number of aliphatic carboxylic acids is 1. The number of hydrogen-bond acceptors (Lipinski definition) is 4. The second kappa shape index (κ2) is 14.2. The summed E-state index contributed by atoms with van der Waals surface area (Å²) in [6, 6.07) is 20.7. The van der Waals surface area contributed by atoms with Gasteiger partial charge in [-0.1, -0.05) is 60.2 Å². The zero-order chi connectivity index (χ0) is 24.5. The van der Waals surface area contributed by atoms with Gasteiger partial charge >= 0.3 is 24.8 Å². The first-order chi connectivity index (χ1) is 16.4. The molecule has 178 valence electrons. The molecule has 3 aromatic carbocycles. The molecule has 1 unspecified atom stereocenters. The van der Waals surface area contributed by atoms with Crippen molar-refractivity contribution >= 4 is 23.6 Å². The van der Waals surface area contributed by atoms with Gasteiger partial charge in [0.05, 0.1) is 13.2 Å². The molecule has 0 fully saturated rings. The molecule has 0 saturated heterocycles. The fourth-order valence-corrected chi connectivity index (χ4v) is 4.15. The molecule has 0 spiro atoms. The Morgan fingerprint density at radius 3 is 2.26 bits per heavy atom. The van der Waals surface area contributed by atoms with Gasteiger partial charge in [-0.2, -0.15) is 11.8 Å². The number of rotatable bonds is 11. The van der Waals surface area contributed by atoms with E-state index in [4.69, 9.17) is 4.74 Å². The SMILES string of the molecule is CSCCC(NC(=O)c1ccc(COCc2ccc(C)cc2)cc1-c1ccccc1C)C(=O)O.[Li+]. The number of carboxylic acids is 1. The number of carbonyl (C=O) groups excluding carboxylic acids is 1. The van der Waals surface area contributed by atoms with E-state index in [1.807, 2.05) is 49.6 Å². The number of hydrogen-bond donors (Lipinski definition) is 2. The Bertz CT molecular complexity index is 1130. The Hall–Kier alpha value is -2.49. The Labute approximate surface area is 223 Å². The molecule has 0 aliphatic heterocycles. The number of nitrogens with one attached hydrogen (secondary N) is 1. The van der Waals surface area contributed by atoms with Crippen LogP contribution in [0.3, 0.4) is 0 Å². The summed E-state index contributed by atoms with van der Waals surface area (Å²) in [4.78, 5) is 24.8. The molecule has 0 radical (unpaired) electrons. The summed E-state index contributed by atoms with van der Waals surface area (Å²) in [6.45, 7) is 4.95. The van der Waals surface area contributed by atoms with Gasteiger partial charge in [0, 0.05) is 5.56 Å². The fourth-order valence-electron chi connectivity index (χ4n) is 3.68. The fraction of sp³-hybridized carbons (Fsp3) is 0.286. The van der Waals surface area contributed by atoms with Crippen molar-refractivity contribution in [3.05, 3.63) is 94.5 Å². The van der Waals surface area contributed by atoms with Crippen molar-refractivity contribution in [1.29, 1.82) is 0 Å². The third kappa shape index (κ3) is 8.30. The van der Waals surface area contributed by atoms with Gasteiger partial charge < -0.3 is 15.2 Å². The summed E-state index contributed by atoms with van der Waals surface area (Å²) in [6.07, 6.45) is 2.28. The maximum Gasteiger partial charge on any atom is 1.00 e. The van der Waals surface area contributed by atoms with E-state index < -0.39 is 12.0 Å². The maximum absolute atomic E-state index is 13.2. The molecule has 0 aromatic heterocycles. The van der Waals surface area contributed by atoms with E-state index in [0.717, 1.165) is 27.8 Å². The van der Waals surface area contributed by atoms with Crippen molar-refractivity contribution in [1.82, 2.24) is 5.32 Å². The van der Waals surface area contributed by atoms with Crippen molar-refractivity contribution in [2.75, 3.05) is 12.0 Å². The van der Waals surface area contributed by atoms with Crippen molar-refractivity contribution in [2.45, 2.75) is 39.5 Å². The van der Waals surface area contributed by atoms with Gasteiger partial charge in [0.15, 0.2) is 0 Å². The molecule has 0 bridgehead atoms. The Kier molecular flexibility index (Phi) is 11.6. The topological polar surface area (TPSA) is 75.6 Å². The van der Waals surface area contributed by atoms with E-state index in [2.05, 4.69) is 36.5 Å². The van der Waals surface area contributed by atoms with Crippen molar-refractivity contribution in [3.63, 3.8) is 0 Å². The molecular weight excluding hydrogens is 453 g/mol. The van der Waals surface area contributed by atoms with Crippen molar-refractivity contribution in [3.8, 4) is 11.1 Å². The zero-order valence-corrected chi connectivity index (χ0v) is 21.7. The van der Waals surface area contributed by atoms with Crippen LogP contribution in [-0.2, 0) is 22.7 Å². The molecule has 3 aromatic rings. The van der Waals surface area contributed by atoms with E-state index >= 15 is 0 Å². The quantitative estimate of drug-likeness (QED) is 0.410. The van der Waals surface area contributed by atoms with E-state index in [0.29, 0.717) is 31.0 Å².